The first-order valence-electron chi connectivity index (χ1n) is 7.31. The maximum Gasteiger partial charge on any atom is 0.266 e. The molecule has 2 N–H and O–H groups in total. The fraction of sp³-hybridized carbons (Fsp3) is 0. The minimum absolute atomic E-state index is 0.180. The lowest BCUT2D eigenvalue weighted by molar-refractivity contribution is 1.22. The Bertz CT molecular complexity index is 1180. The van der Waals surface area contributed by atoms with E-state index in [-0.39, 0.29) is 11.1 Å². The van der Waals surface area contributed by atoms with E-state index in [1.807, 2.05) is 36.4 Å². The Hall–Kier alpha value is -3.06. The van der Waals surface area contributed by atoms with Gasteiger partial charge in [0, 0.05) is 4.47 Å². The van der Waals surface area contributed by atoms with E-state index >= 15 is 0 Å². The van der Waals surface area contributed by atoms with Gasteiger partial charge in [0.1, 0.15) is 0 Å². The molecule has 0 unspecified atom stereocenters. The van der Waals surface area contributed by atoms with Crippen LogP contribution in [-0.2, 0) is 0 Å². The van der Waals surface area contributed by atoms with E-state index in [1.54, 1.807) is 6.08 Å². The zero-order valence-corrected chi connectivity index (χ0v) is 14.6. The van der Waals surface area contributed by atoms with Gasteiger partial charge in [0.15, 0.2) is 0 Å². The van der Waals surface area contributed by atoms with Gasteiger partial charge >= 0.3 is 0 Å². The highest BCUT2D eigenvalue weighted by Gasteiger charge is 1.96. The number of nitrogens with zero attached hydrogens (tertiary/aromatic N) is 2. The van der Waals surface area contributed by atoms with E-state index in [1.165, 1.54) is 12.4 Å². The summed E-state index contributed by atoms with van der Waals surface area (Å²) in [6, 6.07) is 11.1. The summed E-state index contributed by atoms with van der Waals surface area (Å²) in [5.41, 5.74) is 3.66. The third-order valence-electron chi connectivity index (χ3n) is 3.37. The largest absolute Gasteiger partial charge is 0.319 e. The molecule has 2 aromatic heterocycles. The Morgan fingerprint density at radius 2 is 1.44 bits per heavy atom. The second-order valence-corrected chi connectivity index (χ2v) is 6.05. The van der Waals surface area contributed by atoms with Crippen LogP contribution in [0.5, 0.6) is 0 Å². The smallest absolute Gasteiger partial charge is 0.266 e. The number of halogens is 1. The van der Waals surface area contributed by atoms with Crippen LogP contribution in [0.25, 0.3) is 28.1 Å². The molecule has 0 spiro atoms. The summed E-state index contributed by atoms with van der Waals surface area (Å²) in [5.74, 6) is 0. The molecule has 0 saturated heterocycles. The van der Waals surface area contributed by atoms with E-state index in [0.29, 0.717) is 0 Å². The zero-order chi connectivity index (χ0) is 17.8. The van der Waals surface area contributed by atoms with Crippen LogP contribution in [-0.4, -0.2) is 19.9 Å². The number of hydrogen-bond donors (Lipinski definition) is 2. The van der Waals surface area contributed by atoms with Gasteiger partial charge in [-0.25, -0.2) is 9.97 Å². The number of hydrogen-bond acceptors (Lipinski definition) is 4. The molecule has 0 radical (unpaired) electrons. The van der Waals surface area contributed by atoms with Crippen LogP contribution >= 0.6 is 15.9 Å². The summed E-state index contributed by atoms with van der Waals surface area (Å²) in [6.07, 6.45) is 4.27. The molecular weight excluding hydrogens is 384 g/mol. The van der Waals surface area contributed by atoms with Crippen molar-refractivity contribution in [2.45, 2.75) is 0 Å². The van der Waals surface area contributed by atoms with E-state index < -0.39 is 0 Å². The van der Waals surface area contributed by atoms with Crippen LogP contribution in [0.1, 0.15) is 5.56 Å². The second kappa shape index (κ2) is 7.23. The second-order valence-electron chi connectivity index (χ2n) is 5.14. The Labute approximate surface area is 150 Å². The predicted molar refractivity (Wildman–Crippen MR) is 103 cm³/mol. The summed E-state index contributed by atoms with van der Waals surface area (Å²) < 4.78 is 0.929. The van der Waals surface area contributed by atoms with Crippen molar-refractivity contribution >= 4 is 44.1 Å². The Kier molecular flexibility index (Phi) is 4.85. The number of H-pyrrole nitrogens is 2. The van der Waals surface area contributed by atoms with Crippen molar-refractivity contribution in [3.63, 3.8) is 0 Å². The van der Waals surface area contributed by atoms with Gasteiger partial charge in [-0.2, -0.15) is 0 Å². The van der Waals surface area contributed by atoms with Crippen molar-refractivity contribution in [2.24, 2.45) is 0 Å². The quantitative estimate of drug-likeness (QED) is 0.516. The van der Waals surface area contributed by atoms with Crippen molar-refractivity contribution in [2.75, 3.05) is 0 Å². The molecule has 25 heavy (non-hydrogen) atoms. The summed E-state index contributed by atoms with van der Waals surface area (Å²) in [7, 11) is 0. The monoisotopic (exact) mass is 396 g/mol. The molecule has 0 atom stereocenters. The fourth-order valence-electron chi connectivity index (χ4n) is 2.20. The zero-order valence-electron chi connectivity index (χ0n) is 13.0. The normalized spacial score (nSPS) is 10.3. The molecule has 4 rings (SSSR count). The van der Waals surface area contributed by atoms with Gasteiger partial charge in [-0.15, -0.1) is 0 Å². The van der Waals surface area contributed by atoms with Gasteiger partial charge in [0.25, 0.3) is 11.1 Å². The van der Waals surface area contributed by atoms with Gasteiger partial charge in [-0.1, -0.05) is 34.7 Å². The summed E-state index contributed by atoms with van der Waals surface area (Å²) in [6.45, 7) is 3.65. The van der Waals surface area contributed by atoms with Crippen molar-refractivity contribution in [3.8, 4) is 0 Å². The van der Waals surface area contributed by atoms with Crippen LogP contribution in [0.4, 0.5) is 0 Å². The van der Waals surface area contributed by atoms with Crippen molar-refractivity contribution in [3.05, 3.63) is 86.1 Å². The number of aromatic nitrogens is 4. The van der Waals surface area contributed by atoms with E-state index in [2.05, 4.69) is 42.4 Å². The van der Waals surface area contributed by atoms with Gasteiger partial charge < -0.3 is 9.97 Å². The summed E-state index contributed by atoms with van der Waals surface area (Å²) in [5, 5.41) is 0. The third-order valence-corrected chi connectivity index (χ3v) is 3.87. The highest BCUT2D eigenvalue weighted by molar-refractivity contribution is 9.10. The van der Waals surface area contributed by atoms with Crippen molar-refractivity contribution in [1.29, 1.82) is 0 Å². The maximum atomic E-state index is 10.9. The van der Waals surface area contributed by atoms with Crippen molar-refractivity contribution in [1.82, 2.24) is 19.9 Å². The molecule has 6 nitrogen and oxygen atoms in total. The molecule has 2 heterocycles. The lowest BCUT2D eigenvalue weighted by Gasteiger charge is -1.96. The van der Waals surface area contributed by atoms with Gasteiger partial charge in [-0.3, -0.25) is 9.59 Å². The lowest BCUT2D eigenvalue weighted by Crippen LogP contribution is -2.04. The molecule has 2 aromatic carbocycles. The van der Waals surface area contributed by atoms with Crippen LogP contribution < -0.4 is 11.1 Å². The molecule has 0 saturated carbocycles. The number of rotatable bonds is 1. The minimum Gasteiger partial charge on any atom is -0.319 e. The Morgan fingerprint density at radius 3 is 2.04 bits per heavy atom. The van der Waals surface area contributed by atoms with Crippen LogP contribution in [0, 0.1) is 0 Å². The molecule has 0 bridgehead atoms. The van der Waals surface area contributed by atoms with Gasteiger partial charge in [0.2, 0.25) is 0 Å². The average molecular weight is 397 g/mol. The van der Waals surface area contributed by atoms with Crippen molar-refractivity contribution < 1.29 is 0 Å². The van der Waals surface area contributed by atoms with E-state index in [9.17, 15) is 9.59 Å². The summed E-state index contributed by atoms with van der Waals surface area (Å²) in [4.78, 5) is 35.1. The third kappa shape index (κ3) is 4.07. The first-order chi connectivity index (χ1) is 12.0. The van der Waals surface area contributed by atoms with Crippen LogP contribution in [0.3, 0.4) is 0 Å². The number of benzene rings is 2. The molecular formula is C18H13BrN4O2. The molecule has 0 aliphatic carbocycles. The van der Waals surface area contributed by atoms with Crippen LogP contribution in [0.15, 0.2) is 69.4 Å². The average Bonchev–Trinajstić information content (AvgIpc) is 2.61. The number of nitrogens with one attached hydrogen (secondary N) is 2. The molecule has 124 valence electrons. The molecule has 4 aromatic rings. The number of aromatic amines is 2. The molecule has 0 amide bonds. The topological polar surface area (TPSA) is 91.5 Å². The minimum atomic E-state index is -0.186. The van der Waals surface area contributed by atoms with Crippen LogP contribution in [0.2, 0.25) is 0 Å². The van der Waals surface area contributed by atoms with Gasteiger partial charge in [0.05, 0.1) is 34.5 Å². The SMILES string of the molecule is C=Cc1ccc2ncc(=O)[nH]c2c1.O=c1cnc2ccc(Br)cc2[nH]1. The standard InChI is InChI=1S/C10H8N2O.C8H5BrN2O/c1-2-7-3-4-8-9(5-7)12-10(13)6-11-8;9-5-1-2-6-7(3-5)11-8(12)4-10-6/h2-6H,1H2,(H,12,13);1-4H,(H,11,12). The first kappa shape index (κ1) is 16.8. The Balaban J connectivity index is 0.000000146. The molecule has 0 aliphatic heterocycles. The fourth-order valence-corrected chi connectivity index (χ4v) is 2.56. The highest BCUT2D eigenvalue weighted by Crippen LogP contribution is 2.14. The van der Waals surface area contributed by atoms with E-state index in [4.69, 9.17) is 0 Å². The highest BCUT2D eigenvalue weighted by atomic mass is 79.9. The summed E-state index contributed by atoms with van der Waals surface area (Å²) >= 11 is 3.31. The Morgan fingerprint density at radius 1 is 0.880 bits per heavy atom. The molecule has 7 heteroatoms. The first-order valence-corrected chi connectivity index (χ1v) is 8.10. The van der Waals surface area contributed by atoms with E-state index in [0.717, 1.165) is 32.1 Å². The lowest BCUT2D eigenvalue weighted by atomic mass is 10.2. The maximum absolute atomic E-state index is 10.9. The molecule has 0 fully saturated rings. The van der Waals surface area contributed by atoms with Gasteiger partial charge in [-0.05, 0) is 35.9 Å². The molecule has 0 aliphatic rings. The number of fused-ring (bicyclic) bond motifs is 2. The predicted octanol–water partition coefficient (Wildman–Crippen LogP) is 3.25.